The van der Waals surface area contributed by atoms with Crippen molar-refractivity contribution in [3.05, 3.63) is 96.3 Å². The first-order valence-corrected chi connectivity index (χ1v) is 9.25. The number of hydrogen-bond acceptors (Lipinski definition) is 0. The first-order valence-electron chi connectivity index (χ1n) is 9.25. The van der Waals surface area contributed by atoms with Crippen molar-refractivity contribution in [1.82, 2.24) is 0 Å². The second kappa shape index (κ2) is 8.62. The molecule has 0 aliphatic heterocycles. The zero-order chi connectivity index (χ0) is 18.4. The number of hydrogen-bond donors (Lipinski definition) is 0. The van der Waals surface area contributed by atoms with Gasteiger partial charge in [-0.05, 0) is 66.3 Å². The Morgan fingerprint density at radius 1 is 0.885 bits per heavy atom. The Kier molecular flexibility index (Phi) is 6.01. The summed E-state index contributed by atoms with van der Waals surface area (Å²) in [6, 6.07) is 18.6. The number of allylic oxidation sites excluding steroid dienone is 3. The van der Waals surface area contributed by atoms with Gasteiger partial charge in [0.15, 0.2) is 0 Å². The summed E-state index contributed by atoms with van der Waals surface area (Å²) >= 11 is 0. The van der Waals surface area contributed by atoms with Gasteiger partial charge in [-0.2, -0.15) is 0 Å². The fourth-order valence-corrected chi connectivity index (χ4v) is 3.25. The minimum atomic E-state index is -0.102. The molecular formula is C25H25F. The van der Waals surface area contributed by atoms with Gasteiger partial charge in [-0.15, -0.1) is 6.58 Å². The molecule has 0 spiro atoms. The van der Waals surface area contributed by atoms with Gasteiger partial charge in [0.1, 0.15) is 5.82 Å². The van der Waals surface area contributed by atoms with Crippen LogP contribution in [0.4, 0.5) is 4.39 Å². The van der Waals surface area contributed by atoms with Crippen LogP contribution in [0.1, 0.15) is 30.9 Å². The lowest BCUT2D eigenvalue weighted by atomic mass is 9.97. The monoisotopic (exact) mass is 344 g/mol. The molecule has 3 aromatic carbocycles. The maximum absolute atomic E-state index is 14.7. The summed E-state index contributed by atoms with van der Waals surface area (Å²) in [7, 11) is 0. The third kappa shape index (κ3) is 4.11. The third-order valence-corrected chi connectivity index (χ3v) is 4.77. The molecule has 0 saturated carbocycles. The number of aryl methyl sites for hydroxylation is 2. The van der Waals surface area contributed by atoms with Crippen LogP contribution in [0.5, 0.6) is 0 Å². The molecule has 1 heteroatoms. The van der Waals surface area contributed by atoms with E-state index in [1.807, 2.05) is 37.3 Å². The van der Waals surface area contributed by atoms with Crippen LogP contribution < -0.4 is 0 Å². The Morgan fingerprint density at radius 3 is 2.38 bits per heavy atom. The van der Waals surface area contributed by atoms with Crippen molar-refractivity contribution in [2.45, 2.75) is 32.6 Å². The molecular weight excluding hydrogens is 319 g/mol. The first-order chi connectivity index (χ1) is 12.7. The van der Waals surface area contributed by atoms with Gasteiger partial charge < -0.3 is 0 Å². The molecule has 0 atom stereocenters. The SMILES string of the molecule is C=CCCc1ccc2cc(-c3ccc(CC/C=C/C)cc3)ccc2c1F. The lowest BCUT2D eigenvalue weighted by Gasteiger charge is -2.09. The molecule has 0 amide bonds. The summed E-state index contributed by atoms with van der Waals surface area (Å²) in [5.41, 5.74) is 4.38. The Hall–Kier alpha value is -2.67. The molecule has 0 N–H and O–H groups in total. The average Bonchev–Trinajstić information content (AvgIpc) is 2.68. The van der Waals surface area contributed by atoms with Crippen LogP contribution in [0.3, 0.4) is 0 Å². The summed E-state index contributed by atoms with van der Waals surface area (Å²) in [6.45, 7) is 5.76. The summed E-state index contributed by atoms with van der Waals surface area (Å²) in [4.78, 5) is 0. The topological polar surface area (TPSA) is 0 Å². The molecule has 0 aromatic heterocycles. The third-order valence-electron chi connectivity index (χ3n) is 4.77. The van der Waals surface area contributed by atoms with Gasteiger partial charge in [0.05, 0.1) is 0 Å². The van der Waals surface area contributed by atoms with E-state index in [0.29, 0.717) is 11.8 Å². The van der Waals surface area contributed by atoms with Crippen molar-refractivity contribution in [1.29, 1.82) is 0 Å². The van der Waals surface area contributed by atoms with Crippen molar-refractivity contribution in [3.8, 4) is 11.1 Å². The van der Waals surface area contributed by atoms with Crippen LogP contribution in [0.2, 0.25) is 0 Å². The lowest BCUT2D eigenvalue weighted by molar-refractivity contribution is 0.621. The Morgan fingerprint density at radius 2 is 1.65 bits per heavy atom. The van der Waals surface area contributed by atoms with Crippen LogP contribution in [0.15, 0.2) is 79.4 Å². The quantitative estimate of drug-likeness (QED) is 0.395. The predicted octanol–water partition coefficient (Wildman–Crippen LogP) is 7.27. The van der Waals surface area contributed by atoms with Crippen molar-refractivity contribution in [2.24, 2.45) is 0 Å². The lowest BCUT2D eigenvalue weighted by Crippen LogP contribution is -1.92. The number of rotatable bonds is 7. The van der Waals surface area contributed by atoms with Crippen molar-refractivity contribution < 1.29 is 4.39 Å². The molecule has 0 fully saturated rings. The van der Waals surface area contributed by atoms with E-state index >= 15 is 0 Å². The maximum Gasteiger partial charge on any atom is 0.134 e. The summed E-state index contributed by atoms with van der Waals surface area (Å²) in [6.07, 6.45) is 9.72. The maximum atomic E-state index is 14.7. The van der Waals surface area contributed by atoms with Gasteiger partial charge in [-0.3, -0.25) is 0 Å². The first kappa shape index (κ1) is 18.1. The van der Waals surface area contributed by atoms with Crippen LogP contribution >= 0.6 is 0 Å². The van der Waals surface area contributed by atoms with Gasteiger partial charge in [0.25, 0.3) is 0 Å². The highest BCUT2D eigenvalue weighted by Crippen LogP contribution is 2.28. The van der Waals surface area contributed by atoms with Gasteiger partial charge in [0.2, 0.25) is 0 Å². The van der Waals surface area contributed by atoms with E-state index in [4.69, 9.17) is 0 Å². The normalized spacial score (nSPS) is 11.3. The van der Waals surface area contributed by atoms with Crippen molar-refractivity contribution in [2.75, 3.05) is 0 Å². The molecule has 0 unspecified atom stereocenters. The van der Waals surface area contributed by atoms with E-state index in [0.717, 1.165) is 41.3 Å². The van der Waals surface area contributed by atoms with Crippen molar-refractivity contribution >= 4 is 10.8 Å². The van der Waals surface area contributed by atoms with E-state index in [9.17, 15) is 4.39 Å². The fourth-order valence-electron chi connectivity index (χ4n) is 3.25. The van der Waals surface area contributed by atoms with Crippen LogP contribution in [0, 0.1) is 5.82 Å². The number of halogens is 1. The second-order valence-electron chi connectivity index (χ2n) is 6.61. The fraction of sp³-hybridized carbons (Fsp3) is 0.200. The molecule has 0 aliphatic rings. The largest absolute Gasteiger partial charge is 0.206 e. The number of benzene rings is 3. The molecule has 3 rings (SSSR count). The Labute approximate surface area is 155 Å². The molecule has 0 radical (unpaired) electrons. The Bertz CT molecular complexity index is 917. The summed E-state index contributed by atoms with van der Waals surface area (Å²) < 4.78 is 14.7. The highest BCUT2D eigenvalue weighted by molar-refractivity contribution is 5.88. The summed E-state index contributed by atoms with van der Waals surface area (Å²) in [5, 5.41) is 1.64. The van der Waals surface area contributed by atoms with Gasteiger partial charge >= 0.3 is 0 Å². The van der Waals surface area contributed by atoms with E-state index in [1.165, 1.54) is 5.56 Å². The molecule has 3 aromatic rings. The van der Waals surface area contributed by atoms with Crippen LogP contribution in [-0.4, -0.2) is 0 Å². The van der Waals surface area contributed by atoms with E-state index in [1.54, 1.807) is 0 Å². The molecule has 26 heavy (non-hydrogen) atoms. The molecule has 132 valence electrons. The molecule has 0 saturated heterocycles. The van der Waals surface area contributed by atoms with Crippen LogP contribution in [-0.2, 0) is 12.8 Å². The average molecular weight is 344 g/mol. The standard InChI is InChI=1S/C25H25F/c1-3-5-7-8-19-10-12-20(13-11-19)22-16-17-24-23(18-22)15-14-21(25(24)26)9-6-4-2/h3-5,10-18H,2,6-9H2,1H3/b5-3+. The van der Waals surface area contributed by atoms with Gasteiger partial charge in [0, 0.05) is 5.39 Å². The minimum absolute atomic E-state index is 0.102. The molecule has 0 aliphatic carbocycles. The van der Waals surface area contributed by atoms with Gasteiger partial charge in [-0.1, -0.05) is 66.8 Å². The van der Waals surface area contributed by atoms with E-state index in [-0.39, 0.29) is 5.82 Å². The zero-order valence-corrected chi connectivity index (χ0v) is 15.3. The second-order valence-corrected chi connectivity index (χ2v) is 6.61. The van der Waals surface area contributed by atoms with Crippen molar-refractivity contribution in [3.63, 3.8) is 0 Å². The minimum Gasteiger partial charge on any atom is -0.206 e. The Balaban J connectivity index is 1.85. The highest BCUT2D eigenvalue weighted by atomic mass is 19.1. The molecule has 0 heterocycles. The smallest absolute Gasteiger partial charge is 0.134 e. The highest BCUT2D eigenvalue weighted by Gasteiger charge is 2.08. The molecule has 0 nitrogen and oxygen atoms in total. The van der Waals surface area contributed by atoms with Gasteiger partial charge in [-0.25, -0.2) is 4.39 Å². The number of fused-ring (bicyclic) bond motifs is 1. The molecule has 0 bridgehead atoms. The zero-order valence-electron chi connectivity index (χ0n) is 15.3. The van der Waals surface area contributed by atoms with E-state index < -0.39 is 0 Å². The summed E-state index contributed by atoms with van der Waals surface area (Å²) in [5.74, 6) is -0.102. The predicted molar refractivity (Wildman–Crippen MR) is 111 cm³/mol. The van der Waals surface area contributed by atoms with Crippen LogP contribution in [0.25, 0.3) is 21.9 Å². The van der Waals surface area contributed by atoms with E-state index in [2.05, 4.69) is 49.1 Å².